The number of hydrogen-bond donors (Lipinski definition) is 4. The van der Waals surface area contributed by atoms with Gasteiger partial charge in [-0.05, 0) is 20.8 Å². The molecule has 7 nitrogen and oxygen atoms in total. The molecular formula is C15H22Cl2N2O5. The third-order valence-corrected chi connectivity index (χ3v) is 5.41. The van der Waals surface area contributed by atoms with Crippen LogP contribution < -0.4 is 5.32 Å². The fraction of sp³-hybridized carbons (Fsp3) is 0.667. The Hall–Kier alpha value is -0.830. The highest BCUT2D eigenvalue weighted by atomic mass is 35.5. The predicted molar refractivity (Wildman–Crippen MR) is 89.4 cm³/mol. The van der Waals surface area contributed by atoms with E-state index < -0.39 is 36.0 Å². The lowest BCUT2D eigenvalue weighted by Crippen LogP contribution is -2.65. The molecule has 136 valence electrons. The van der Waals surface area contributed by atoms with Gasteiger partial charge < -0.3 is 30.0 Å². The molecule has 2 heterocycles. The number of aryl methyl sites for hydroxylation is 1. The van der Waals surface area contributed by atoms with E-state index >= 15 is 0 Å². The minimum absolute atomic E-state index is 0.00863. The van der Waals surface area contributed by atoms with Gasteiger partial charge >= 0.3 is 0 Å². The van der Waals surface area contributed by atoms with Crippen molar-refractivity contribution in [3.05, 3.63) is 21.4 Å². The molecular weight excluding hydrogens is 359 g/mol. The second kappa shape index (κ2) is 7.19. The molecule has 1 aliphatic rings. The lowest BCUT2D eigenvalue weighted by Gasteiger charge is -2.46. The number of methoxy groups -OCH3 is 1. The van der Waals surface area contributed by atoms with E-state index in [1.54, 1.807) is 20.8 Å². The van der Waals surface area contributed by atoms with Gasteiger partial charge in [-0.3, -0.25) is 4.79 Å². The molecule has 1 amide bonds. The lowest BCUT2D eigenvalue weighted by molar-refractivity contribution is -0.274. The van der Waals surface area contributed by atoms with E-state index in [1.807, 2.05) is 0 Å². The fourth-order valence-electron chi connectivity index (χ4n) is 2.85. The monoisotopic (exact) mass is 380 g/mol. The topological polar surface area (TPSA) is 104 Å². The molecule has 1 saturated heterocycles. The van der Waals surface area contributed by atoms with E-state index in [1.165, 1.54) is 7.11 Å². The molecule has 0 spiro atoms. The maximum absolute atomic E-state index is 12.4. The Bertz CT molecular complexity index is 623. The van der Waals surface area contributed by atoms with Crippen molar-refractivity contribution in [2.45, 2.75) is 57.3 Å². The minimum atomic E-state index is -1.62. The first kappa shape index (κ1) is 19.5. The number of rotatable bonds is 4. The van der Waals surface area contributed by atoms with Crippen LogP contribution in [0.4, 0.5) is 0 Å². The van der Waals surface area contributed by atoms with Crippen LogP contribution >= 0.6 is 23.2 Å². The Morgan fingerprint density at radius 3 is 2.62 bits per heavy atom. The smallest absolute Gasteiger partial charge is 0.269 e. The van der Waals surface area contributed by atoms with Crippen LogP contribution in [0.15, 0.2) is 0 Å². The summed E-state index contributed by atoms with van der Waals surface area (Å²) in [7, 11) is 1.45. The van der Waals surface area contributed by atoms with Crippen molar-refractivity contribution in [1.29, 1.82) is 0 Å². The Morgan fingerprint density at radius 2 is 2.12 bits per heavy atom. The largest absolute Gasteiger partial charge is 0.387 e. The molecule has 1 aromatic heterocycles. The van der Waals surface area contributed by atoms with Crippen LogP contribution in [0.1, 0.15) is 36.5 Å². The average Bonchev–Trinajstić information content (AvgIpc) is 2.79. The number of carbonyl (C=O) groups excluding carboxylic acids is 1. The van der Waals surface area contributed by atoms with Crippen molar-refractivity contribution in [3.8, 4) is 0 Å². The Balaban J connectivity index is 2.19. The van der Waals surface area contributed by atoms with Crippen molar-refractivity contribution >= 4 is 29.1 Å². The highest BCUT2D eigenvalue weighted by Gasteiger charge is 2.50. The van der Waals surface area contributed by atoms with Crippen molar-refractivity contribution < 1.29 is 24.5 Å². The van der Waals surface area contributed by atoms with Crippen LogP contribution in [0.3, 0.4) is 0 Å². The van der Waals surface area contributed by atoms with Gasteiger partial charge in [-0.15, -0.1) is 0 Å². The Morgan fingerprint density at radius 1 is 1.50 bits per heavy atom. The maximum Gasteiger partial charge on any atom is 0.269 e. The molecule has 1 aliphatic heterocycles. The van der Waals surface area contributed by atoms with Crippen LogP contribution in [0.2, 0.25) is 10.0 Å². The van der Waals surface area contributed by atoms with Gasteiger partial charge in [-0.25, -0.2) is 0 Å². The maximum atomic E-state index is 12.4. The summed E-state index contributed by atoms with van der Waals surface area (Å²) < 4.78 is 10.6. The zero-order valence-electron chi connectivity index (χ0n) is 13.9. The molecule has 0 saturated carbocycles. The van der Waals surface area contributed by atoms with Crippen LogP contribution in [0, 0.1) is 6.92 Å². The van der Waals surface area contributed by atoms with Gasteiger partial charge in [-0.2, -0.15) is 0 Å². The molecule has 2 rings (SSSR count). The number of aliphatic hydroxyl groups is 2. The summed E-state index contributed by atoms with van der Waals surface area (Å²) in [5, 5.41) is 24.3. The summed E-state index contributed by atoms with van der Waals surface area (Å²) in [5.41, 5.74) is -0.948. The Kier molecular flexibility index (Phi) is 5.84. The fourth-order valence-corrected chi connectivity index (χ4v) is 3.27. The van der Waals surface area contributed by atoms with Crippen LogP contribution in [0.5, 0.6) is 0 Å². The van der Waals surface area contributed by atoms with Gasteiger partial charge in [0.25, 0.3) is 5.91 Å². The number of ether oxygens (including phenoxy) is 2. The second-order valence-corrected chi connectivity index (χ2v) is 6.85. The van der Waals surface area contributed by atoms with Gasteiger partial charge in [0.05, 0.1) is 22.2 Å². The van der Waals surface area contributed by atoms with Gasteiger partial charge in [0, 0.05) is 19.2 Å². The molecule has 4 N–H and O–H groups in total. The first-order chi connectivity index (χ1) is 11.1. The van der Waals surface area contributed by atoms with E-state index in [2.05, 4.69) is 10.3 Å². The van der Waals surface area contributed by atoms with Crippen LogP contribution in [0.25, 0.3) is 0 Å². The lowest BCUT2D eigenvalue weighted by atomic mass is 9.81. The summed E-state index contributed by atoms with van der Waals surface area (Å²) in [6.45, 7) is 4.91. The molecule has 0 aliphatic carbocycles. The summed E-state index contributed by atoms with van der Waals surface area (Å²) >= 11 is 12.0. The molecule has 1 aromatic rings. The Labute approximate surface area is 150 Å². The van der Waals surface area contributed by atoms with E-state index in [4.69, 9.17) is 32.7 Å². The standard InChI is InChI=1S/C15H22Cl2N2O5/c1-6-10(16)11(17)12(18-6)14(21)19-8(3)15(22)5-9(23-4)24-7(2)13(15)20/h7-9,13,18,20,22H,5H2,1-4H3,(H,19,21)/t7?,8?,9-,13+,15+/m0/s1. The van der Waals surface area contributed by atoms with Crippen LogP contribution in [-0.4, -0.2) is 58.4 Å². The zero-order valence-corrected chi connectivity index (χ0v) is 15.4. The van der Waals surface area contributed by atoms with Gasteiger partial charge in [-0.1, -0.05) is 23.2 Å². The molecule has 1 fully saturated rings. The third-order valence-electron chi connectivity index (χ3n) is 4.46. The number of aliphatic hydroxyl groups excluding tert-OH is 1. The van der Waals surface area contributed by atoms with E-state index in [0.29, 0.717) is 5.69 Å². The number of nitrogens with one attached hydrogen (secondary N) is 2. The second-order valence-electron chi connectivity index (χ2n) is 6.09. The van der Waals surface area contributed by atoms with Crippen LogP contribution in [-0.2, 0) is 9.47 Å². The van der Waals surface area contributed by atoms with Crippen molar-refractivity contribution in [2.24, 2.45) is 0 Å². The number of halogens is 2. The van der Waals surface area contributed by atoms with E-state index in [9.17, 15) is 15.0 Å². The number of H-pyrrole nitrogens is 1. The van der Waals surface area contributed by atoms with Crippen molar-refractivity contribution in [1.82, 2.24) is 10.3 Å². The minimum Gasteiger partial charge on any atom is -0.387 e. The molecule has 5 atom stereocenters. The van der Waals surface area contributed by atoms with Gasteiger partial charge in [0.1, 0.15) is 17.4 Å². The summed E-state index contributed by atoms with van der Waals surface area (Å²) in [6.07, 6.45) is -2.52. The summed E-state index contributed by atoms with van der Waals surface area (Å²) in [6, 6.07) is -0.789. The van der Waals surface area contributed by atoms with Crippen molar-refractivity contribution in [3.63, 3.8) is 0 Å². The predicted octanol–water partition coefficient (Wildman–Crippen LogP) is 1.62. The molecule has 24 heavy (non-hydrogen) atoms. The van der Waals surface area contributed by atoms with E-state index in [-0.39, 0.29) is 22.2 Å². The van der Waals surface area contributed by atoms with Gasteiger partial charge in [0.2, 0.25) is 0 Å². The first-order valence-corrected chi connectivity index (χ1v) is 8.30. The van der Waals surface area contributed by atoms with Crippen molar-refractivity contribution in [2.75, 3.05) is 7.11 Å². The molecule has 0 bridgehead atoms. The molecule has 0 aromatic carbocycles. The summed E-state index contributed by atoms with van der Waals surface area (Å²) in [5.74, 6) is -0.531. The molecule has 0 radical (unpaired) electrons. The quantitative estimate of drug-likeness (QED) is 0.635. The third kappa shape index (κ3) is 3.42. The summed E-state index contributed by atoms with van der Waals surface area (Å²) in [4.78, 5) is 15.2. The number of aromatic amines is 1. The average molecular weight is 381 g/mol. The van der Waals surface area contributed by atoms with E-state index in [0.717, 1.165) is 0 Å². The molecule has 9 heteroatoms. The normalized spacial score (nSPS) is 31.8. The highest BCUT2D eigenvalue weighted by Crippen LogP contribution is 2.33. The first-order valence-electron chi connectivity index (χ1n) is 7.55. The number of amides is 1. The zero-order chi connectivity index (χ0) is 18.2. The SMILES string of the molecule is CO[C@@H]1C[C@@](O)(C(C)NC(=O)c2[nH]c(C)c(Cl)c2Cl)[C@H](O)C(C)O1. The number of hydrogen-bond acceptors (Lipinski definition) is 5. The van der Waals surface area contributed by atoms with Gasteiger partial charge in [0.15, 0.2) is 6.29 Å². The number of carbonyl (C=O) groups is 1. The number of aromatic nitrogens is 1. The highest BCUT2D eigenvalue weighted by molar-refractivity contribution is 6.44. The molecule has 2 unspecified atom stereocenters.